The lowest BCUT2D eigenvalue weighted by atomic mass is 9.49. The molecule has 5 nitrogen and oxygen atoms in total. The molecule has 2 atom stereocenters. The Balaban J connectivity index is 1.10. The lowest BCUT2D eigenvalue weighted by Crippen LogP contribution is -2.51. The first kappa shape index (κ1) is 27.6. The molecule has 1 saturated heterocycles. The van der Waals surface area contributed by atoms with Crippen molar-refractivity contribution in [3.05, 3.63) is 89.5 Å². The van der Waals surface area contributed by atoms with Gasteiger partial charge in [0.15, 0.2) is 0 Å². The van der Waals surface area contributed by atoms with Gasteiger partial charge < -0.3 is 0 Å². The van der Waals surface area contributed by atoms with E-state index in [1.54, 1.807) is 15.9 Å². The zero-order chi connectivity index (χ0) is 27.9. The lowest BCUT2D eigenvalue weighted by molar-refractivity contribution is -0.0111. The standard InChI is InChI=1S/C34H43N3O2S/c1-26-11-13-27(14-12-26)24-36(25-29-15-16-30-23-32(29)34(30,2)3)18-17-35-19-21-37(22-20-35)40(38,39)33-10-6-8-28-7-4-5-9-31(28)33/h4-15,30,32H,16-25H2,1-3H3. The zero-order valence-corrected chi connectivity index (χ0v) is 25.0. The number of sulfonamides is 1. The number of hydrogen-bond donors (Lipinski definition) is 0. The van der Waals surface area contributed by atoms with Crippen LogP contribution in [0.1, 0.15) is 37.8 Å². The summed E-state index contributed by atoms with van der Waals surface area (Å²) in [6, 6.07) is 22.3. The van der Waals surface area contributed by atoms with E-state index >= 15 is 0 Å². The van der Waals surface area contributed by atoms with Gasteiger partial charge in [-0.2, -0.15) is 4.31 Å². The average Bonchev–Trinajstić information content (AvgIpc) is 2.97. The first-order valence-electron chi connectivity index (χ1n) is 14.9. The molecule has 0 radical (unpaired) electrons. The third kappa shape index (κ3) is 5.39. The van der Waals surface area contributed by atoms with E-state index in [1.807, 2.05) is 36.4 Å². The molecule has 212 valence electrons. The minimum absolute atomic E-state index is 0.422. The molecule has 40 heavy (non-hydrogen) atoms. The van der Waals surface area contributed by atoms with Gasteiger partial charge >= 0.3 is 0 Å². The summed E-state index contributed by atoms with van der Waals surface area (Å²) < 4.78 is 28.9. The van der Waals surface area contributed by atoms with Crippen LogP contribution in [-0.4, -0.2) is 68.3 Å². The number of hydrogen-bond acceptors (Lipinski definition) is 4. The molecule has 0 amide bonds. The van der Waals surface area contributed by atoms with E-state index in [1.165, 1.54) is 24.0 Å². The van der Waals surface area contributed by atoms with Crippen LogP contribution in [0.4, 0.5) is 0 Å². The van der Waals surface area contributed by atoms with Crippen LogP contribution in [0.25, 0.3) is 10.8 Å². The Morgan fingerprint density at radius 2 is 1.62 bits per heavy atom. The Labute approximate surface area is 240 Å². The summed E-state index contributed by atoms with van der Waals surface area (Å²) in [4.78, 5) is 5.48. The number of fused-ring (bicyclic) bond motifs is 2. The van der Waals surface area contributed by atoms with Crippen LogP contribution in [0, 0.1) is 24.2 Å². The Morgan fingerprint density at radius 3 is 2.35 bits per heavy atom. The maximum absolute atomic E-state index is 13.6. The molecule has 1 heterocycles. The van der Waals surface area contributed by atoms with E-state index < -0.39 is 10.0 Å². The fourth-order valence-corrected chi connectivity index (χ4v) is 8.75. The summed E-state index contributed by atoms with van der Waals surface area (Å²) >= 11 is 0. The molecule has 7 rings (SSSR count). The van der Waals surface area contributed by atoms with Crippen LogP contribution < -0.4 is 0 Å². The molecule has 2 unspecified atom stereocenters. The van der Waals surface area contributed by atoms with Crippen LogP contribution in [0.3, 0.4) is 0 Å². The van der Waals surface area contributed by atoms with Gasteiger partial charge in [-0.05, 0) is 54.0 Å². The summed E-state index contributed by atoms with van der Waals surface area (Å²) in [6.45, 7) is 13.6. The maximum Gasteiger partial charge on any atom is 0.243 e. The molecule has 0 aromatic heterocycles. The largest absolute Gasteiger partial charge is 0.299 e. The van der Waals surface area contributed by atoms with Crippen LogP contribution in [0.5, 0.6) is 0 Å². The highest BCUT2D eigenvalue weighted by molar-refractivity contribution is 7.89. The fourth-order valence-electron chi connectivity index (χ4n) is 7.12. The number of benzene rings is 3. The molecule has 3 aliphatic carbocycles. The minimum Gasteiger partial charge on any atom is -0.299 e. The van der Waals surface area contributed by atoms with Gasteiger partial charge in [0.1, 0.15) is 0 Å². The Bertz CT molecular complexity index is 1480. The first-order valence-corrected chi connectivity index (χ1v) is 16.3. The predicted molar refractivity (Wildman–Crippen MR) is 164 cm³/mol. The van der Waals surface area contributed by atoms with E-state index in [0.29, 0.717) is 23.4 Å². The molecule has 0 spiro atoms. The van der Waals surface area contributed by atoms with Gasteiger partial charge in [0.05, 0.1) is 4.90 Å². The quantitative estimate of drug-likeness (QED) is 0.305. The molecule has 4 aliphatic rings. The molecule has 3 aromatic rings. The van der Waals surface area contributed by atoms with E-state index in [9.17, 15) is 8.42 Å². The topological polar surface area (TPSA) is 43.9 Å². The van der Waals surface area contributed by atoms with Gasteiger partial charge in [0.25, 0.3) is 0 Å². The van der Waals surface area contributed by atoms with Crippen LogP contribution >= 0.6 is 0 Å². The van der Waals surface area contributed by atoms with E-state index in [2.05, 4.69) is 60.9 Å². The third-order valence-electron chi connectivity index (χ3n) is 9.95. The minimum atomic E-state index is -3.53. The van der Waals surface area contributed by atoms with Crippen molar-refractivity contribution in [1.82, 2.24) is 14.1 Å². The maximum atomic E-state index is 13.6. The summed E-state index contributed by atoms with van der Waals surface area (Å²) in [5, 5.41) is 1.77. The fraction of sp³-hybridized carbons (Fsp3) is 0.471. The van der Waals surface area contributed by atoms with Gasteiger partial charge in [-0.3, -0.25) is 9.80 Å². The molecule has 3 aromatic carbocycles. The first-order chi connectivity index (χ1) is 19.2. The normalized spacial score (nSPS) is 23.2. The Kier molecular flexibility index (Phi) is 7.64. The smallest absolute Gasteiger partial charge is 0.243 e. The van der Waals surface area contributed by atoms with Crippen LogP contribution in [0.15, 0.2) is 83.3 Å². The van der Waals surface area contributed by atoms with Crippen molar-refractivity contribution in [3.63, 3.8) is 0 Å². The highest BCUT2D eigenvalue weighted by Crippen LogP contribution is 2.59. The Morgan fingerprint density at radius 1 is 0.900 bits per heavy atom. The van der Waals surface area contributed by atoms with E-state index in [0.717, 1.165) is 61.9 Å². The molecule has 1 saturated carbocycles. The summed E-state index contributed by atoms with van der Waals surface area (Å²) in [5.41, 5.74) is 4.72. The summed E-state index contributed by atoms with van der Waals surface area (Å²) in [5.74, 6) is 1.57. The molecular formula is C34H43N3O2S. The second kappa shape index (κ2) is 11.1. The number of rotatable bonds is 9. The Hall–Kier alpha value is -2.51. The van der Waals surface area contributed by atoms with E-state index in [4.69, 9.17) is 0 Å². The van der Waals surface area contributed by atoms with Crippen molar-refractivity contribution in [3.8, 4) is 0 Å². The van der Waals surface area contributed by atoms with Crippen molar-refractivity contribution in [2.45, 2.75) is 45.1 Å². The second-order valence-electron chi connectivity index (χ2n) is 12.7. The van der Waals surface area contributed by atoms with Crippen LogP contribution in [0.2, 0.25) is 0 Å². The molecular weight excluding hydrogens is 514 g/mol. The highest BCUT2D eigenvalue weighted by atomic mass is 32.2. The van der Waals surface area contributed by atoms with Gasteiger partial charge in [0, 0.05) is 57.7 Å². The number of nitrogens with zero attached hydrogens (tertiary/aromatic N) is 3. The molecule has 2 fully saturated rings. The van der Waals surface area contributed by atoms with Crippen molar-refractivity contribution in [2.24, 2.45) is 17.3 Å². The van der Waals surface area contributed by atoms with E-state index in [-0.39, 0.29) is 0 Å². The number of allylic oxidation sites excluding steroid dienone is 1. The summed E-state index contributed by atoms with van der Waals surface area (Å²) in [6.07, 6.45) is 5.11. The predicted octanol–water partition coefficient (Wildman–Crippen LogP) is 5.95. The summed E-state index contributed by atoms with van der Waals surface area (Å²) in [7, 11) is -3.53. The SMILES string of the molecule is Cc1ccc(CN(CCN2CCN(S(=O)(=O)c3cccc4ccccc34)CC2)CC2=CCC3CC2C3(C)C)cc1. The highest BCUT2D eigenvalue weighted by Gasteiger charge is 2.51. The van der Waals surface area contributed by atoms with Gasteiger partial charge in [-0.25, -0.2) is 8.42 Å². The monoisotopic (exact) mass is 557 g/mol. The number of piperazine rings is 1. The van der Waals surface area contributed by atoms with Gasteiger partial charge in [-0.15, -0.1) is 0 Å². The van der Waals surface area contributed by atoms with Gasteiger partial charge in [-0.1, -0.05) is 91.7 Å². The van der Waals surface area contributed by atoms with Crippen molar-refractivity contribution in [1.29, 1.82) is 0 Å². The molecule has 2 bridgehead atoms. The van der Waals surface area contributed by atoms with Crippen molar-refractivity contribution < 1.29 is 8.42 Å². The van der Waals surface area contributed by atoms with Crippen molar-refractivity contribution >= 4 is 20.8 Å². The van der Waals surface area contributed by atoms with Crippen LogP contribution in [-0.2, 0) is 16.6 Å². The third-order valence-corrected chi connectivity index (χ3v) is 11.9. The number of aryl methyl sites for hydroxylation is 1. The molecule has 1 aliphatic heterocycles. The second-order valence-corrected chi connectivity index (χ2v) is 14.6. The lowest BCUT2D eigenvalue weighted by Gasteiger charge is -2.57. The molecule has 0 N–H and O–H groups in total. The molecule has 6 heteroatoms. The average molecular weight is 558 g/mol. The zero-order valence-electron chi connectivity index (χ0n) is 24.2. The van der Waals surface area contributed by atoms with Crippen molar-refractivity contribution in [2.75, 3.05) is 45.8 Å². The van der Waals surface area contributed by atoms with Gasteiger partial charge in [0.2, 0.25) is 10.0 Å².